The minimum atomic E-state index is -0.235. The molecule has 3 aromatic heterocycles. The fourth-order valence-corrected chi connectivity index (χ4v) is 3.47. The van der Waals surface area contributed by atoms with Crippen LogP contribution in [0.1, 0.15) is 17.6 Å². The number of anilines is 1. The highest BCUT2D eigenvalue weighted by molar-refractivity contribution is 5.56. The zero-order valence-electron chi connectivity index (χ0n) is 16.7. The van der Waals surface area contributed by atoms with E-state index in [-0.39, 0.29) is 11.7 Å². The van der Waals surface area contributed by atoms with Gasteiger partial charge in [-0.2, -0.15) is 4.98 Å². The standard InChI is InChI=1S/C21H19N7O3/c1-13-24-20(27-31-13)15-4-2-14(3-5-15)18-11-28(8-9-30-18)21-25-17(10-19(29)26-21)16-6-7-22-12-23-16/h2-7,10,12,18H,8-9,11H2,1H3,(H,25,26,29)/t18-/m1/s1. The van der Waals surface area contributed by atoms with Crippen molar-refractivity contribution in [3.05, 3.63) is 70.7 Å². The van der Waals surface area contributed by atoms with Crippen LogP contribution in [0.25, 0.3) is 22.8 Å². The van der Waals surface area contributed by atoms with Crippen molar-refractivity contribution in [2.75, 3.05) is 24.6 Å². The van der Waals surface area contributed by atoms with Crippen LogP contribution in [0.2, 0.25) is 0 Å². The minimum absolute atomic E-state index is 0.164. The zero-order chi connectivity index (χ0) is 21.2. The summed E-state index contributed by atoms with van der Waals surface area (Å²) >= 11 is 0. The average Bonchev–Trinajstić information content (AvgIpc) is 3.26. The minimum Gasteiger partial charge on any atom is -0.370 e. The molecule has 1 fully saturated rings. The molecule has 1 aliphatic heterocycles. The fraction of sp³-hybridized carbons (Fsp3) is 0.238. The third-order valence-electron chi connectivity index (χ3n) is 5.01. The van der Waals surface area contributed by atoms with Crippen molar-refractivity contribution in [2.45, 2.75) is 13.0 Å². The first kappa shape index (κ1) is 19.1. The van der Waals surface area contributed by atoms with Gasteiger partial charge in [0.15, 0.2) is 0 Å². The number of nitrogens with one attached hydrogen (secondary N) is 1. The summed E-state index contributed by atoms with van der Waals surface area (Å²) in [7, 11) is 0. The predicted octanol–water partition coefficient (Wildman–Crippen LogP) is 2.16. The van der Waals surface area contributed by atoms with Gasteiger partial charge in [-0.25, -0.2) is 15.0 Å². The van der Waals surface area contributed by atoms with Gasteiger partial charge in [-0.1, -0.05) is 29.4 Å². The highest BCUT2D eigenvalue weighted by Crippen LogP contribution is 2.27. The lowest BCUT2D eigenvalue weighted by Gasteiger charge is -2.33. The number of ether oxygens (including phenoxy) is 1. The van der Waals surface area contributed by atoms with Crippen molar-refractivity contribution in [1.29, 1.82) is 0 Å². The van der Waals surface area contributed by atoms with Crippen LogP contribution in [0.15, 0.2) is 58.2 Å². The Morgan fingerprint density at radius 3 is 2.74 bits per heavy atom. The summed E-state index contributed by atoms with van der Waals surface area (Å²) in [6, 6.07) is 11.0. The van der Waals surface area contributed by atoms with Gasteiger partial charge in [-0.05, 0) is 11.6 Å². The van der Waals surface area contributed by atoms with Gasteiger partial charge in [0.2, 0.25) is 17.7 Å². The van der Waals surface area contributed by atoms with Crippen LogP contribution in [0.5, 0.6) is 0 Å². The third-order valence-corrected chi connectivity index (χ3v) is 5.01. The Bertz CT molecular complexity index is 1240. The molecule has 1 atom stereocenters. The van der Waals surface area contributed by atoms with Gasteiger partial charge in [-0.15, -0.1) is 0 Å². The van der Waals surface area contributed by atoms with E-state index in [1.54, 1.807) is 19.2 Å². The molecule has 0 unspecified atom stereocenters. The van der Waals surface area contributed by atoms with Crippen molar-refractivity contribution >= 4 is 5.95 Å². The van der Waals surface area contributed by atoms with Crippen molar-refractivity contribution in [3.8, 4) is 22.8 Å². The number of H-pyrrole nitrogens is 1. The highest BCUT2D eigenvalue weighted by atomic mass is 16.5. The lowest BCUT2D eigenvalue weighted by Crippen LogP contribution is -2.40. The van der Waals surface area contributed by atoms with Crippen LogP contribution < -0.4 is 10.5 Å². The average molecular weight is 417 g/mol. The lowest BCUT2D eigenvalue weighted by molar-refractivity contribution is 0.0392. The number of aromatic nitrogens is 6. The van der Waals surface area contributed by atoms with E-state index in [1.165, 1.54) is 12.4 Å². The highest BCUT2D eigenvalue weighted by Gasteiger charge is 2.24. The molecule has 1 aliphatic rings. The van der Waals surface area contributed by atoms with Crippen LogP contribution in [0, 0.1) is 6.92 Å². The Kier molecular flexibility index (Phi) is 4.97. The van der Waals surface area contributed by atoms with E-state index in [0.717, 1.165) is 11.1 Å². The first-order valence-corrected chi connectivity index (χ1v) is 9.81. The zero-order valence-corrected chi connectivity index (χ0v) is 16.7. The topological polar surface area (TPSA) is 123 Å². The second kappa shape index (κ2) is 8.07. The Hall–Kier alpha value is -3.92. The normalized spacial score (nSPS) is 16.4. The summed E-state index contributed by atoms with van der Waals surface area (Å²) in [6.45, 7) is 3.44. The number of hydrogen-bond donors (Lipinski definition) is 1. The molecule has 0 spiro atoms. The summed E-state index contributed by atoms with van der Waals surface area (Å²) in [5.41, 5.74) is 2.75. The second-order valence-electron chi connectivity index (χ2n) is 7.11. The third kappa shape index (κ3) is 4.05. The van der Waals surface area contributed by atoms with E-state index in [4.69, 9.17) is 9.26 Å². The SMILES string of the molecule is Cc1nc(-c2ccc([C@H]3CN(c4nc(-c5ccncn5)cc(=O)[nH]4)CCO3)cc2)no1. The van der Waals surface area contributed by atoms with Crippen molar-refractivity contribution in [2.24, 2.45) is 0 Å². The maximum atomic E-state index is 12.2. The molecule has 156 valence electrons. The van der Waals surface area contributed by atoms with Gasteiger partial charge in [0, 0.05) is 31.3 Å². The number of benzene rings is 1. The van der Waals surface area contributed by atoms with E-state index in [1.807, 2.05) is 29.2 Å². The van der Waals surface area contributed by atoms with E-state index in [0.29, 0.717) is 48.7 Å². The van der Waals surface area contributed by atoms with Crippen LogP contribution >= 0.6 is 0 Å². The quantitative estimate of drug-likeness (QED) is 0.532. The van der Waals surface area contributed by atoms with Crippen LogP contribution in [-0.4, -0.2) is 49.8 Å². The molecule has 0 saturated carbocycles. The van der Waals surface area contributed by atoms with Crippen LogP contribution in [0.3, 0.4) is 0 Å². The summed E-state index contributed by atoms with van der Waals surface area (Å²) in [5.74, 6) is 1.57. The molecule has 0 radical (unpaired) electrons. The smallest absolute Gasteiger partial charge is 0.252 e. The van der Waals surface area contributed by atoms with E-state index in [9.17, 15) is 4.79 Å². The summed E-state index contributed by atoms with van der Waals surface area (Å²) in [4.78, 5) is 34.0. The number of morpholine rings is 1. The van der Waals surface area contributed by atoms with E-state index in [2.05, 4.69) is 30.1 Å². The van der Waals surface area contributed by atoms with E-state index >= 15 is 0 Å². The molecular weight excluding hydrogens is 398 g/mol. The maximum absolute atomic E-state index is 12.2. The van der Waals surface area contributed by atoms with Gasteiger partial charge in [0.25, 0.3) is 5.56 Å². The second-order valence-corrected chi connectivity index (χ2v) is 7.11. The molecule has 0 aliphatic carbocycles. The Morgan fingerprint density at radius 2 is 2.00 bits per heavy atom. The molecule has 5 rings (SSSR count). The number of aromatic amines is 1. The van der Waals surface area contributed by atoms with Crippen molar-refractivity contribution < 1.29 is 9.26 Å². The van der Waals surface area contributed by atoms with Gasteiger partial charge in [-0.3, -0.25) is 9.78 Å². The number of hydrogen-bond acceptors (Lipinski definition) is 9. The Morgan fingerprint density at radius 1 is 1.13 bits per heavy atom. The summed E-state index contributed by atoms with van der Waals surface area (Å²) < 4.78 is 11.0. The number of aryl methyl sites for hydroxylation is 1. The largest absolute Gasteiger partial charge is 0.370 e. The fourth-order valence-electron chi connectivity index (χ4n) is 3.47. The molecule has 10 heteroatoms. The monoisotopic (exact) mass is 417 g/mol. The summed E-state index contributed by atoms with van der Waals surface area (Å²) in [5, 5.41) is 3.94. The van der Waals surface area contributed by atoms with Gasteiger partial charge in [0.1, 0.15) is 12.4 Å². The molecular formula is C21H19N7O3. The Labute approximate surface area is 177 Å². The molecule has 1 aromatic carbocycles. The van der Waals surface area contributed by atoms with Gasteiger partial charge in [0.05, 0.1) is 24.5 Å². The first-order valence-electron chi connectivity index (χ1n) is 9.81. The molecule has 1 N–H and O–H groups in total. The Balaban J connectivity index is 1.37. The van der Waals surface area contributed by atoms with Crippen LogP contribution in [-0.2, 0) is 4.74 Å². The van der Waals surface area contributed by atoms with Gasteiger partial charge < -0.3 is 14.2 Å². The van der Waals surface area contributed by atoms with Crippen molar-refractivity contribution in [3.63, 3.8) is 0 Å². The summed E-state index contributed by atoms with van der Waals surface area (Å²) in [6.07, 6.45) is 2.89. The molecule has 4 heterocycles. The molecule has 1 saturated heterocycles. The molecule has 10 nitrogen and oxygen atoms in total. The predicted molar refractivity (Wildman–Crippen MR) is 111 cm³/mol. The van der Waals surface area contributed by atoms with Crippen molar-refractivity contribution in [1.82, 2.24) is 30.1 Å². The molecule has 0 amide bonds. The van der Waals surface area contributed by atoms with Crippen LogP contribution in [0.4, 0.5) is 5.95 Å². The number of nitrogens with zero attached hydrogens (tertiary/aromatic N) is 6. The number of rotatable bonds is 4. The van der Waals surface area contributed by atoms with E-state index < -0.39 is 0 Å². The maximum Gasteiger partial charge on any atom is 0.252 e. The molecule has 0 bridgehead atoms. The molecule has 4 aromatic rings. The lowest BCUT2D eigenvalue weighted by atomic mass is 10.1. The molecule has 31 heavy (non-hydrogen) atoms. The van der Waals surface area contributed by atoms with Gasteiger partial charge >= 0.3 is 0 Å². The first-order chi connectivity index (χ1) is 15.2.